The third kappa shape index (κ3) is 1.76. The Bertz CT molecular complexity index is 440. The standard InChI is InChI=1S/C9H8FNO2/c1-13-9-3-6(5-12)2-8(10)7(9)4-11/h2-3,12H,5H2,1H3/i1D3. The number of aliphatic hydroxyl groups is 1. The largest absolute Gasteiger partial charge is 0.495 e. The molecule has 1 aromatic carbocycles. The first-order valence-corrected chi connectivity index (χ1v) is 3.40. The normalized spacial score (nSPS) is 13.8. The predicted octanol–water partition coefficient (Wildman–Crippen LogP) is 1.20. The van der Waals surface area contributed by atoms with E-state index in [-0.39, 0.29) is 5.56 Å². The van der Waals surface area contributed by atoms with E-state index in [1.54, 1.807) is 0 Å². The van der Waals surface area contributed by atoms with E-state index in [1.165, 1.54) is 6.07 Å². The van der Waals surface area contributed by atoms with Crippen LogP contribution in [-0.4, -0.2) is 12.1 Å². The smallest absolute Gasteiger partial charge is 0.145 e. The molecule has 0 aliphatic rings. The van der Waals surface area contributed by atoms with Gasteiger partial charge in [0.1, 0.15) is 23.2 Å². The molecule has 0 bridgehead atoms. The Balaban J connectivity index is 3.25. The lowest BCUT2D eigenvalue weighted by atomic mass is 10.1. The quantitative estimate of drug-likeness (QED) is 0.751. The average molecular weight is 184 g/mol. The zero-order valence-electron chi connectivity index (χ0n) is 9.54. The van der Waals surface area contributed by atoms with Crippen LogP contribution in [0.3, 0.4) is 0 Å². The first kappa shape index (κ1) is 5.95. The number of halogens is 1. The molecule has 13 heavy (non-hydrogen) atoms. The van der Waals surface area contributed by atoms with Gasteiger partial charge in [0, 0.05) is 0 Å². The Morgan fingerprint density at radius 3 is 3.08 bits per heavy atom. The SMILES string of the molecule is [2H]C([2H])([2H])Oc1cc(CO)cc(F)c1C#N. The van der Waals surface area contributed by atoms with Gasteiger partial charge in [0.15, 0.2) is 0 Å². The van der Waals surface area contributed by atoms with Gasteiger partial charge >= 0.3 is 0 Å². The van der Waals surface area contributed by atoms with Crippen molar-refractivity contribution in [2.75, 3.05) is 7.04 Å². The molecule has 0 saturated carbocycles. The van der Waals surface area contributed by atoms with Crippen molar-refractivity contribution in [1.82, 2.24) is 0 Å². The molecule has 0 aromatic heterocycles. The maximum atomic E-state index is 13.3. The van der Waals surface area contributed by atoms with Gasteiger partial charge in [-0.05, 0) is 17.7 Å². The summed E-state index contributed by atoms with van der Waals surface area (Å²) in [5, 5.41) is 17.4. The van der Waals surface area contributed by atoms with Crippen LogP contribution in [0, 0.1) is 17.1 Å². The summed E-state index contributed by atoms with van der Waals surface area (Å²) >= 11 is 0. The molecule has 0 saturated heterocycles. The van der Waals surface area contributed by atoms with Gasteiger partial charge in [0.05, 0.1) is 17.8 Å². The second-order valence-corrected chi connectivity index (χ2v) is 2.32. The van der Waals surface area contributed by atoms with Crippen LogP contribution >= 0.6 is 0 Å². The van der Waals surface area contributed by atoms with E-state index in [9.17, 15) is 4.39 Å². The van der Waals surface area contributed by atoms with Crippen LogP contribution in [0.5, 0.6) is 5.75 Å². The molecular weight excluding hydrogens is 173 g/mol. The van der Waals surface area contributed by atoms with Crippen molar-refractivity contribution in [2.45, 2.75) is 6.61 Å². The van der Waals surface area contributed by atoms with E-state index < -0.39 is 30.8 Å². The molecule has 0 spiro atoms. The molecule has 1 N–H and O–H groups in total. The summed E-state index contributed by atoms with van der Waals surface area (Å²) < 4.78 is 38.3. The number of aliphatic hydroxyl groups excluding tert-OH is 1. The van der Waals surface area contributed by atoms with Crippen molar-refractivity contribution in [2.24, 2.45) is 0 Å². The summed E-state index contributed by atoms with van der Waals surface area (Å²) in [5.41, 5.74) is -0.357. The molecule has 0 amide bonds. The number of nitriles is 1. The molecular formula is C9H8FNO2. The van der Waals surface area contributed by atoms with Crippen molar-refractivity contribution in [3.8, 4) is 11.8 Å². The highest BCUT2D eigenvalue weighted by atomic mass is 19.1. The lowest BCUT2D eigenvalue weighted by Crippen LogP contribution is -1.95. The molecule has 0 aliphatic heterocycles. The van der Waals surface area contributed by atoms with E-state index in [2.05, 4.69) is 4.74 Å². The fourth-order valence-corrected chi connectivity index (χ4v) is 0.915. The van der Waals surface area contributed by atoms with E-state index >= 15 is 0 Å². The van der Waals surface area contributed by atoms with Gasteiger partial charge in [0.25, 0.3) is 0 Å². The monoisotopic (exact) mass is 184 g/mol. The fourth-order valence-electron chi connectivity index (χ4n) is 0.915. The van der Waals surface area contributed by atoms with Crippen LogP contribution in [-0.2, 0) is 6.61 Å². The number of rotatable bonds is 2. The number of nitrogens with zero attached hydrogens (tertiary/aromatic N) is 1. The maximum absolute atomic E-state index is 13.3. The van der Waals surface area contributed by atoms with Crippen LogP contribution in [0.4, 0.5) is 4.39 Å². The number of benzene rings is 1. The highest BCUT2D eigenvalue weighted by Crippen LogP contribution is 2.22. The van der Waals surface area contributed by atoms with E-state index in [4.69, 9.17) is 14.5 Å². The van der Waals surface area contributed by atoms with E-state index in [0.717, 1.165) is 12.1 Å². The zero-order valence-corrected chi connectivity index (χ0v) is 6.54. The van der Waals surface area contributed by atoms with Crippen LogP contribution in [0.15, 0.2) is 12.1 Å². The zero-order chi connectivity index (χ0) is 12.3. The summed E-state index contributed by atoms with van der Waals surface area (Å²) in [6.07, 6.45) is 0. The summed E-state index contributed by atoms with van der Waals surface area (Å²) in [6, 6.07) is 3.57. The third-order valence-electron chi connectivity index (χ3n) is 1.52. The van der Waals surface area contributed by atoms with Gasteiger partial charge in [-0.2, -0.15) is 5.26 Å². The summed E-state index contributed by atoms with van der Waals surface area (Å²) in [5.74, 6) is -1.32. The van der Waals surface area contributed by atoms with Crippen LogP contribution < -0.4 is 4.74 Å². The van der Waals surface area contributed by atoms with Crippen molar-refractivity contribution in [1.29, 1.82) is 5.26 Å². The Labute approximate surface area is 79.2 Å². The van der Waals surface area contributed by atoms with Gasteiger partial charge in [-0.3, -0.25) is 0 Å². The first-order valence-electron chi connectivity index (χ1n) is 4.90. The van der Waals surface area contributed by atoms with E-state index in [0.29, 0.717) is 0 Å². The molecule has 0 fully saturated rings. The van der Waals surface area contributed by atoms with Gasteiger partial charge in [-0.15, -0.1) is 0 Å². The topological polar surface area (TPSA) is 53.2 Å². The molecule has 0 aliphatic carbocycles. The fraction of sp³-hybridized carbons (Fsp3) is 0.222. The van der Waals surface area contributed by atoms with Gasteiger partial charge < -0.3 is 9.84 Å². The highest BCUT2D eigenvalue weighted by Gasteiger charge is 2.10. The Hall–Kier alpha value is -1.60. The summed E-state index contributed by atoms with van der Waals surface area (Å²) in [6.45, 7) is -0.472. The second-order valence-electron chi connectivity index (χ2n) is 2.32. The Morgan fingerprint density at radius 1 is 1.77 bits per heavy atom. The molecule has 0 atom stereocenters. The first-order chi connectivity index (χ1) is 7.37. The predicted molar refractivity (Wildman–Crippen MR) is 43.6 cm³/mol. The molecule has 0 heterocycles. The minimum atomic E-state index is -2.77. The molecule has 3 nitrogen and oxygen atoms in total. The Kier molecular flexibility index (Phi) is 1.77. The summed E-state index contributed by atoms with van der Waals surface area (Å²) in [4.78, 5) is 0. The van der Waals surface area contributed by atoms with Gasteiger partial charge in [-0.25, -0.2) is 4.39 Å². The Morgan fingerprint density at radius 2 is 2.54 bits per heavy atom. The van der Waals surface area contributed by atoms with E-state index in [1.807, 2.05) is 0 Å². The lowest BCUT2D eigenvalue weighted by molar-refractivity contribution is 0.280. The van der Waals surface area contributed by atoms with Crippen molar-refractivity contribution >= 4 is 0 Å². The van der Waals surface area contributed by atoms with Crippen molar-refractivity contribution < 1.29 is 18.3 Å². The lowest BCUT2D eigenvalue weighted by Gasteiger charge is -2.05. The molecule has 4 heteroatoms. The number of ether oxygens (including phenoxy) is 1. The third-order valence-corrected chi connectivity index (χ3v) is 1.52. The maximum Gasteiger partial charge on any atom is 0.145 e. The summed E-state index contributed by atoms with van der Waals surface area (Å²) in [7, 11) is -2.77. The molecule has 1 rings (SSSR count). The van der Waals surface area contributed by atoms with Crippen molar-refractivity contribution in [3.63, 3.8) is 0 Å². The molecule has 0 radical (unpaired) electrons. The second kappa shape index (κ2) is 3.87. The number of hydrogen-bond acceptors (Lipinski definition) is 3. The molecule has 0 unspecified atom stereocenters. The van der Waals surface area contributed by atoms with Gasteiger partial charge in [-0.1, -0.05) is 0 Å². The minimum Gasteiger partial charge on any atom is -0.495 e. The van der Waals surface area contributed by atoms with Crippen LogP contribution in [0.2, 0.25) is 0 Å². The molecule has 68 valence electrons. The average Bonchev–Trinajstić information content (AvgIpc) is 2.14. The highest BCUT2D eigenvalue weighted by molar-refractivity contribution is 5.46. The molecule has 1 aromatic rings. The van der Waals surface area contributed by atoms with Gasteiger partial charge in [0.2, 0.25) is 0 Å². The number of methoxy groups -OCH3 is 1. The van der Waals surface area contributed by atoms with Crippen LogP contribution in [0.1, 0.15) is 15.2 Å². The van der Waals surface area contributed by atoms with Crippen molar-refractivity contribution in [3.05, 3.63) is 29.1 Å². The minimum absolute atomic E-state index is 0.135. The van der Waals surface area contributed by atoms with Crippen LogP contribution in [0.25, 0.3) is 0 Å². The number of hydrogen-bond donors (Lipinski definition) is 1.